The van der Waals surface area contributed by atoms with Gasteiger partial charge in [-0.2, -0.15) is 0 Å². The third-order valence-corrected chi connectivity index (χ3v) is 3.73. The maximum absolute atomic E-state index is 12.4. The van der Waals surface area contributed by atoms with Gasteiger partial charge in [0.25, 0.3) is 0 Å². The number of nitrogens with zero attached hydrogens (tertiary/aromatic N) is 1. The summed E-state index contributed by atoms with van der Waals surface area (Å²) in [5.41, 5.74) is 1.66. The third kappa shape index (κ3) is 2.61. The van der Waals surface area contributed by atoms with Gasteiger partial charge >= 0.3 is 0 Å². The highest BCUT2D eigenvalue weighted by Gasteiger charge is 2.32. The van der Waals surface area contributed by atoms with Gasteiger partial charge in [0.2, 0.25) is 11.6 Å². The van der Waals surface area contributed by atoms with Crippen LogP contribution in [0.4, 0.5) is 0 Å². The SMILES string of the molecule is CCCCNC1=C(Br)C(=O)c2ccc(C)nc2C1=O. The molecule has 19 heavy (non-hydrogen) atoms. The lowest BCUT2D eigenvalue weighted by molar-refractivity contribution is 0.0971. The lowest BCUT2D eigenvalue weighted by Crippen LogP contribution is -2.30. The van der Waals surface area contributed by atoms with E-state index in [0.29, 0.717) is 22.3 Å². The molecule has 0 saturated heterocycles. The maximum atomic E-state index is 12.4. The first-order valence-corrected chi connectivity index (χ1v) is 7.06. The summed E-state index contributed by atoms with van der Waals surface area (Å²) in [6.07, 6.45) is 1.97. The van der Waals surface area contributed by atoms with Crippen molar-refractivity contribution in [3.05, 3.63) is 39.3 Å². The number of halogens is 1. The van der Waals surface area contributed by atoms with Gasteiger partial charge in [0.1, 0.15) is 11.4 Å². The molecule has 5 heteroatoms. The molecule has 0 bridgehead atoms. The van der Waals surface area contributed by atoms with E-state index in [-0.39, 0.29) is 17.3 Å². The number of pyridine rings is 1. The average molecular weight is 323 g/mol. The van der Waals surface area contributed by atoms with E-state index in [0.717, 1.165) is 18.5 Å². The summed E-state index contributed by atoms with van der Waals surface area (Å²) >= 11 is 3.22. The first kappa shape index (κ1) is 13.9. The molecule has 1 aromatic rings. The number of fused-ring (bicyclic) bond motifs is 1. The van der Waals surface area contributed by atoms with Crippen molar-refractivity contribution in [2.24, 2.45) is 0 Å². The number of carbonyl (C=O) groups is 2. The van der Waals surface area contributed by atoms with Gasteiger partial charge in [-0.1, -0.05) is 13.3 Å². The highest BCUT2D eigenvalue weighted by molar-refractivity contribution is 9.12. The summed E-state index contributed by atoms with van der Waals surface area (Å²) in [7, 11) is 0. The van der Waals surface area contributed by atoms with Crippen LogP contribution < -0.4 is 5.32 Å². The molecule has 100 valence electrons. The lowest BCUT2D eigenvalue weighted by Gasteiger charge is -2.18. The molecule has 0 spiro atoms. The zero-order valence-corrected chi connectivity index (χ0v) is 12.5. The molecule has 1 N–H and O–H groups in total. The van der Waals surface area contributed by atoms with E-state index < -0.39 is 0 Å². The second-order valence-corrected chi connectivity index (χ2v) is 5.27. The lowest BCUT2D eigenvalue weighted by atomic mass is 9.97. The van der Waals surface area contributed by atoms with E-state index in [9.17, 15) is 9.59 Å². The Morgan fingerprint density at radius 3 is 2.68 bits per heavy atom. The molecule has 0 amide bonds. The third-order valence-electron chi connectivity index (χ3n) is 2.97. The summed E-state index contributed by atoms with van der Waals surface area (Å²) < 4.78 is 0.298. The Kier molecular flexibility index (Phi) is 4.14. The molecule has 1 aliphatic carbocycles. The van der Waals surface area contributed by atoms with E-state index in [2.05, 4.69) is 33.2 Å². The van der Waals surface area contributed by atoms with E-state index in [1.807, 2.05) is 0 Å². The van der Waals surface area contributed by atoms with Gasteiger partial charge in [-0.05, 0) is 41.4 Å². The molecule has 0 radical (unpaired) electrons. The number of ketones is 2. The van der Waals surface area contributed by atoms with Crippen LogP contribution in [0.5, 0.6) is 0 Å². The predicted octanol–water partition coefficient (Wildman–Crippen LogP) is 2.77. The smallest absolute Gasteiger partial charge is 0.229 e. The van der Waals surface area contributed by atoms with Crippen LogP contribution in [-0.2, 0) is 0 Å². The van der Waals surface area contributed by atoms with Gasteiger partial charge in [-0.15, -0.1) is 0 Å². The van der Waals surface area contributed by atoms with Crippen LogP contribution in [0.3, 0.4) is 0 Å². The summed E-state index contributed by atoms with van der Waals surface area (Å²) in [6, 6.07) is 3.39. The van der Waals surface area contributed by atoms with Crippen LogP contribution in [-0.4, -0.2) is 23.1 Å². The fourth-order valence-corrected chi connectivity index (χ4v) is 2.44. The minimum Gasteiger partial charge on any atom is -0.381 e. The summed E-state index contributed by atoms with van der Waals surface area (Å²) in [6.45, 7) is 4.54. The zero-order valence-electron chi connectivity index (χ0n) is 10.9. The van der Waals surface area contributed by atoms with Crippen LogP contribution in [0.1, 0.15) is 46.3 Å². The number of aryl methyl sites for hydroxylation is 1. The Hall–Kier alpha value is -1.49. The average Bonchev–Trinajstić information content (AvgIpc) is 2.40. The normalized spacial score (nSPS) is 14.7. The Labute approximate surface area is 120 Å². The Morgan fingerprint density at radius 2 is 2.00 bits per heavy atom. The topological polar surface area (TPSA) is 59.1 Å². The van der Waals surface area contributed by atoms with Crippen molar-refractivity contribution in [1.82, 2.24) is 10.3 Å². The molecule has 2 rings (SSSR count). The van der Waals surface area contributed by atoms with Gasteiger partial charge in [0.15, 0.2) is 0 Å². The van der Waals surface area contributed by atoms with Crippen molar-refractivity contribution in [1.29, 1.82) is 0 Å². The largest absolute Gasteiger partial charge is 0.381 e. The van der Waals surface area contributed by atoms with Gasteiger partial charge in [-0.25, -0.2) is 4.98 Å². The first-order valence-electron chi connectivity index (χ1n) is 6.27. The predicted molar refractivity (Wildman–Crippen MR) is 76.5 cm³/mol. The Morgan fingerprint density at radius 1 is 1.26 bits per heavy atom. The summed E-state index contributed by atoms with van der Waals surface area (Å²) in [4.78, 5) is 28.7. The maximum Gasteiger partial charge on any atom is 0.229 e. The van der Waals surface area contributed by atoms with E-state index >= 15 is 0 Å². The molecule has 0 aliphatic heterocycles. The highest BCUT2D eigenvalue weighted by atomic mass is 79.9. The summed E-state index contributed by atoms with van der Waals surface area (Å²) in [5, 5.41) is 3.04. The van der Waals surface area contributed by atoms with Crippen molar-refractivity contribution in [3.8, 4) is 0 Å². The number of allylic oxidation sites excluding steroid dienone is 2. The number of rotatable bonds is 4. The van der Waals surface area contributed by atoms with Gasteiger partial charge in [-0.3, -0.25) is 9.59 Å². The Balaban J connectivity index is 2.38. The fraction of sp³-hybridized carbons (Fsp3) is 0.357. The van der Waals surface area contributed by atoms with E-state index in [1.54, 1.807) is 19.1 Å². The molecule has 1 aromatic heterocycles. The second kappa shape index (κ2) is 5.65. The van der Waals surface area contributed by atoms with Crippen LogP contribution in [0.2, 0.25) is 0 Å². The van der Waals surface area contributed by atoms with E-state index in [1.165, 1.54) is 0 Å². The molecule has 0 aromatic carbocycles. The minimum atomic E-state index is -0.221. The molecule has 0 fully saturated rings. The molecular weight excluding hydrogens is 308 g/mol. The number of nitrogens with one attached hydrogen (secondary N) is 1. The van der Waals surface area contributed by atoms with E-state index in [4.69, 9.17) is 0 Å². The first-order chi connectivity index (χ1) is 9.06. The van der Waals surface area contributed by atoms with Gasteiger partial charge in [0.05, 0.1) is 10.0 Å². The Bertz CT molecular complexity index is 579. The van der Waals surface area contributed by atoms with Crippen LogP contribution in [0, 0.1) is 6.92 Å². The van der Waals surface area contributed by atoms with Crippen LogP contribution >= 0.6 is 15.9 Å². The molecule has 1 aliphatic rings. The fourth-order valence-electron chi connectivity index (χ4n) is 1.91. The molecule has 4 nitrogen and oxygen atoms in total. The number of unbranched alkanes of at least 4 members (excludes halogenated alkanes) is 1. The standard InChI is InChI=1S/C14H15BrN2O2/c1-3-4-7-16-12-10(15)13(18)9-6-5-8(2)17-11(9)14(12)19/h5-6,16H,3-4,7H2,1-2H3. The van der Waals surface area contributed by atoms with Crippen LogP contribution in [0.25, 0.3) is 0 Å². The number of Topliss-reactive ketones (excluding diaryl/α,β-unsaturated/α-hetero) is 2. The van der Waals surface area contributed by atoms with Crippen LogP contribution in [0.15, 0.2) is 22.3 Å². The number of hydrogen-bond donors (Lipinski definition) is 1. The number of carbonyl (C=O) groups excluding carboxylic acids is 2. The highest BCUT2D eigenvalue weighted by Crippen LogP contribution is 2.27. The monoisotopic (exact) mass is 322 g/mol. The van der Waals surface area contributed by atoms with Crippen molar-refractivity contribution < 1.29 is 9.59 Å². The molecule has 0 atom stereocenters. The second-order valence-electron chi connectivity index (χ2n) is 4.48. The number of aromatic nitrogens is 1. The molecule has 0 saturated carbocycles. The number of hydrogen-bond acceptors (Lipinski definition) is 4. The van der Waals surface area contributed by atoms with Gasteiger partial charge < -0.3 is 5.32 Å². The molecule has 0 unspecified atom stereocenters. The summed E-state index contributed by atoms with van der Waals surface area (Å²) in [5.74, 6) is -0.414. The van der Waals surface area contributed by atoms with Gasteiger partial charge in [0, 0.05) is 12.2 Å². The molecular formula is C14H15BrN2O2. The minimum absolute atomic E-state index is 0.193. The van der Waals surface area contributed by atoms with Crippen molar-refractivity contribution >= 4 is 27.5 Å². The van der Waals surface area contributed by atoms with Crippen molar-refractivity contribution in [2.45, 2.75) is 26.7 Å². The van der Waals surface area contributed by atoms with Crippen molar-refractivity contribution in [2.75, 3.05) is 6.54 Å². The zero-order chi connectivity index (χ0) is 14.0. The molecule has 1 heterocycles. The quantitative estimate of drug-likeness (QED) is 0.866. The van der Waals surface area contributed by atoms with Crippen molar-refractivity contribution in [3.63, 3.8) is 0 Å².